The summed E-state index contributed by atoms with van der Waals surface area (Å²) in [5.41, 5.74) is 3.16. The van der Waals surface area contributed by atoms with Crippen LogP contribution in [0.15, 0.2) is 72.8 Å². The van der Waals surface area contributed by atoms with E-state index in [1.54, 1.807) is 32.4 Å². The van der Waals surface area contributed by atoms with Crippen LogP contribution in [0, 0.1) is 0 Å². The summed E-state index contributed by atoms with van der Waals surface area (Å²) in [5, 5.41) is 10.1. The van der Waals surface area contributed by atoms with Gasteiger partial charge in [0, 0.05) is 25.6 Å². The van der Waals surface area contributed by atoms with Crippen LogP contribution in [-0.2, 0) is 38.6 Å². The van der Waals surface area contributed by atoms with E-state index in [-0.39, 0.29) is 19.6 Å². The highest BCUT2D eigenvalue weighted by molar-refractivity contribution is 5.88. The minimum absolute atomic E-state index is 0.0807. The van der Waals surface area contributed by atoms with Crippen molar-refractivity contribution < 1.29 is 33.6 Å². The molecule has 194 valence electrons. The lowest BCUT2D eigenvalue weighted by molar-refractivity contribution is -0.158. The van der Waals surface area contributed by atoms with E-state index < -0.39 is 24.0 Å². The van der Waals surface area contributed by atoms with Crippen molar-refractivity contribution in [1.82, 2.24) is 4.90 Å². The van der Waals surface area contributed by atoms with Crippen molar-refractivity contribution in [3.05, 3.63) is 95.1 Å². The Hall–Kier alpha value is -3.88. The lowest BCUT2D eigenvalue weighted by atomic mass is 9.91. The normalized spacial score (nSPS) is 15.5. The number of aliphatic carboxylic acids is 1. The van der Waals surface area contributed by atoms with Crippen molar-refractivity contribution in [3.63, 3.8) is 0 Å². The van der Waals surface area contributed by atoms with E-state index in [0.717, 1.165) is 16.7 Å². The van der Waals surface area contributed by atoms with E-state index in [1.807, 2.05) is 54.6 Å². The molecule has 8 nitrogen and oxygen atoms in total. The first kappa shape index (κ1) is 26.2. The van der Waals surface area contributed by atoms with Gasteiger partial charge >= 0.3 is 5.97 Å². The molecular formula is C29H31NO7. The molecule has 0 radical (unpaired) electrons. The fraction of sp³-hybridized carbons (Fsp3) is 0.310. The monoisotopic (exact) mass is 505 g/mol. The summed E-state index contributed by atoms with van der Waals surface area (Å²) in [6.45, 7) is 0.910. The van der Waals surface area contributed by atoms with Gasteiger partial charge in [0.25, 0.3) is 5.91 Å². The molecule has 1 N–H and O–H groups in total. The van der Waals surface area contributed by atoms with Gasteiger partial charge in [0.1, 0.15) is 12.6 Å². The maximum Gasteiger partial charge on any atom is 0.326 e. The van der Waals surface area contributed by atoms with Crippen molar-refractivity contribution in [1.29, 1.82) is 0 Å². The van der Waals surface area contributed by atoms with Crippen LogP contribution in [0.3, 0.4) is 0 Å². The van der Waals surface area contributed by atoms with E-state index >= 15 is 0 Å². The topological polar surface area (TPSA) is 94.5 Å². The molecule has 37 heavy (non-hydrogen) atoms. The van der Waals surface area contributed by atoms with Gasteiger partial charge in [-0.1, -0.05) is 66.7 Å². The number of nitrogens with zero attached hydrogens (tertiary/aromatic N) is 1. The van der Waals surface area contributed by atoms with Crippen LogP contribution in [0.2, 0.25) is 0 Å². The second kappa shape index (κ2) is 12.4. The Morgan fingerprint density at radius 2 is 1.68 bits per heavy atom. The molecule has 0 unspecified atom stereocenters. The van der Waals surface area contributed by atoms with Gasteiger partial charge in [0.15, 0.2) is 17.6 Å². The van der Waals surface area contributed by atoms with Gasteiger partial charge in [-0.2, -0.15) is 0 Å². The Morgan fingerprint density at radius 3 is 2.32 bits per heavy atom. The Balaban J connectivity index is 1.65. The molecule has 0 aromatic heterocycles. The number of ether oxygens (including phenoxy) is 4. The SMILES string of the molecule is COCCO[C@H](C(=O)N1Cc2ccc(OC)c(OCc3ccccc3)c2C[C@@H]1C(=O)O)c1ccccc1. The molecule has 1 heterocycles. The van der Waals surface area contributed by atoms with Crippen molar-refractivity contribution in [3.8, 4) is 11.5 Å². The van der Waals surface area contributed by atoms with Crippen molar-refractivity contribution in [2.24, 2.45) is 0 Å². The average molecular weight is 506 g/mol. The number of hydrogen-bond donors (Lipinski definition) is 1. The lowest BCUT2D eigenvalue weighted by Crippen LogP contribution is -2.50. The molecule has 0 saturated carbocycles. The number of carbonyl (C=O) groups is 2. The summed E-state index contributed by atoms with van der Waals surface area (Å²) < 4.78 is 22.7. The minimum Gasteiger partial charge on any atom is -0.493 e. The largest absolute Gasteiger partial charge is 0.493 e. The highest BCUT2D eigenvalue weighted by Crippen LogP contribution is 2.39. The number of amides is 1. The minimum atomic E-state index is -1.10. The Kier molecular flexibility index (Phi) is 8.77. The molecule has 2 atom stereocenters. The van der Waals surface area contributed by atoms with Crippen molar-refractivity contribution in [2.45, 2.75) is 31.7 Å². The van der Waals surface area contributed by atoms with Gasteiger partial charge in [0.05, 0.1) is 20.3 Å². The number of carboxylic acid groups (broad SMARTS) is 1. The zero-order valence-corrected chi connectivity index (χ0v) is 21.0. The van der Waals surface area contributed by atoms with Crippen LogP contribution in [-0.4, -0.2) is 55.4 Å². The van der Waals surface area contributed by atoms with Gasteiger partial charge in [-0.15, -0.1) is 0 Å². The van der Waals surface area contributed by atoms with Gasteiger partial charge in [-0.05, 0) is 22.8 Å². The zero-order chi connectivity index (χ0) is 26.2. The van der Waals surface area contributed by atoms with Crippen LogP contribution in [0.4, 0.5) is 0 Å². The molecule has 0 spiro atoms. The molecule has 1 amide bonds. The predicted octanol–water partition coefficient (Wildman–Crippen LogP) is 4.02. The average Bonchev–Trinajstić information content (AvgIpc) is 2.94. The first-order valence-electron chi connectivity index (χ1n) is 12.1. The first-order valence-corrected chi connectivity index (χ1v) is 12.1. The smallest absolute Gasteiger partial charge is 0.326 e. The fourth-order valence-electron chi connectivity index (χ4n) is 4.45. The van der Waals surface area contributed by atoms with E-state index in [2.05, 4.69) is 0 Å². The van der Waals surface area contributed by atoms with Crippen molar-refractivity contribution in [2.75, 3.05) is 27.4 Å². The highest BCUT2D eigenvalue weighted by atomic mass is 16.5. The second-order valence-corrected chi connectivity index (χ2v) is 8.69. The molecule has 0 bridgehead atoms. The predicted molar refractivity (Wildman–Crippen MR) is 136 cm³/mol. The van der Waals surface area contributed by atoms with Gasteiger partial charge < -0.3 is 29.0 Å². The van der Waals surface area contributed by atoms with Crippen LogP contribution in [0.5, 0.6) is 11.5 Å². The molecule has 8 heteroatoms. The quantitative estimate of drug-likeness (QED) is 0.394. The van der Waals surface area contributed by atoms with E-state index in [9.17, 15) is 14.7 Å². The molecule has 4 rings (SSSR count). The third-order valence-corrected chi connectivity index (χ3v) is 6.35. The standard InChI is InChI=1S/C29H31NO7/c1-34-15-16-36-26(21-11-7-4-8-12-21)28(31)30-18-22-13-14-25(35-2)27(23(22)17-24(30)29(32)33)37-19-20-9-5-3-6-10-20/h3-14,24,26H,15-19H2,1-2H3,(H,32,33)/t24-,26+/m1/s1. The highest BCUT2D eigenvalue weighted by Gasteiger charge is 2.40. The van der Waals surface area contributed by atoms with E-state index in [0.29, 0.717) is 30.3 Å². The number of methoxy groups -OCH3 is 2. The third-order valence-electron chi connectivity index (χ3n) is 6.35. The summed E-state index contributed by atoms with van der Waals surface area (Å²) in [4.78, 5) is 27.6. The van der Waals surface area contributed by atoms with Gasteiger partial charge in [-0.3, -0.25) is 4.79 Å². The van der Waals surface area contributed by atoms with Crippen LogP contribution < -0.4 is 9.47 Å². The maximum absolute atomic E-state index is 13.8. The molecule has 0 fully saturated rings. The third kappa shape index (κ3) is 6.10. The number of hydrogen-bond acceptors (Lipinski definition) is 6. The Morgan fingerprint density at radius 1 is 0.973 bits per heavy atom. The molecule has 3 aromatic rings. The molecule has 0 saturated heterocycles. The number of rotatable bonds is 11. The Bertz CT molecular complexity index is 1200. The second-order valence-electron chi connectivity index (χ2n) is 8.69. The molecular weight excluding hydrogens is 474 g/mol. The Labute approximate surface area is 216 Å². The summed E-state index contributed by atoms with van der Waals surface area (Å²) in [5.74, 6) is -0.496. The summed E-state index contributed by atoms with van der Waals surface area (Å²) in [7, 11) is 3.10. The van der Waals surface area contributed by atoms with Crippen LogP contribution in [0.1, 0.15) is 28.4 Å². The summed E-state index contributed by atoms with van der Waals surface area (Å²) in [6.07, 6.45) is -0.871. The zero-order valence-electron chi connectivity index (χ0n) is 21.0. The lowest BCUT2D eigenvalue weighted by Gasteiger charge is -2.37. The maximum atomic E-state index is 13.8. The number of fused-ring (bicyclic) bond motifs is 1. The number of carboxylic acids is 1. The van der Waals surface area contributed by atoms with Crippen LogP contribution >= 0.6 is 0 Å². The number of carbonyl (C=O) groups excluding carboxylic acids is 1. The molecule has 1 aliphatic heterocycles. The molecule has 1 aliphatic rings. The van der Waals surface area contributed by atoms with Gasteiger partial charge in [0.2, 0.25) is 0 Å². The first-order chi connectivity index (χ1) is 18.0. The van der Waals surface area contributed by atoms with Crippen molar-refractivity contribution >= 4 is 11.9 Å². The number of benzene rings is 3. The van der Waals surface area contributed by atoms with Crippen LogP contribution in [0.25, 0.3) is 0 Å². The molecule has 0 aliphatic carbocycles. The van der Waals surface area contributed by atoms with E-state index in [1.165, 1.54) is 4.90 Å². The van der Waals surface area contributed by atoms with Gasteiger partial charge in [-0.25, -0.2) is 4.79 Å². The fourth-order valence-corrected chi connectivity index (χ4v) is 4.45. The molecule has 3 aromatic carbocycles. The summed E-state index contributed by atoms with van der Waals surface area (Å²) in [6, 6.07) is 21.3. The van der Waals surface area contributed by atoms with E-state index in [4.69, 9.17) is 18.9 Å². The summed E-state index contributed by atoms with van der Waals surface area (Å²) >= 11 is 0.